The summed E-state index contributed by atoms with van der Waals surface area (Å²) < 4.78 is 2.23. The Morgan fingerprint density at radius 1 is 1.43 bits per heavy atom. The van der Waals surface area contributed by atoms with E-state index in [0.717, 1.165) is 36.1 Å². The maximum absolute atomic E-state index is 12.6. The number of carbonyl (C=O) groups is 2. The highest BCUT2D eigenvalue weighted by molar-refractivity contribution is 9.10. The number of primary amides is 1. The normalized spacial score (nSPS) is 13.7. The predicted octanol–water partition coefficient (Wildman–Crippen LogP) is 2.96. The van der Waals surface area contributed by atoms with E-state index in [-0.39, 0.29) is 5.91 Å². The first-order valence-electron chi connectivity index (χ1n) is 7.50. The van der Waals surface area contributed by atoms with Crippen molar-refractivity contribution in [3.05, 3.63) is 32.4 Å². The summed E-state index contributed by atoms with van der Waals surface area (Å²) in [5.41, 5.74) is 7.47. The highest BCUT2D eigenvalue weighted by Gasteiger charge is 2.26. The van der Waals surface area contributed by atoms with Crippen molar-refractivity contribution < 1.29 is 9.59 Å². The van der Waals surface area contributed by atoms with Gasteiger partial charge in [-0.15, -0.1) is 11.3 Å². The maximum Gasteiger partial charge on any atom is 0.275 e. The lowest BCUT2D eigenvalue weighted by Gasteiger charge is -2.11. The number of hydrogen-bond acceptors (Lipinski definition) is 4. The van der Waals surface area contributed by atoms with Crippen LogP contribution in [-0.2, 0) is 19.4 Å². The van der Waals surface area contributed by atoms with Crippen molar-refractivity contribution in [1.82, 2.24) is 9.78 Å². The molecule has 3 N–H and O–H groups in total. The van der Waals surface area contributed by atoms with Gasteiger partial charge in [-0.2, -0.15) is 5.10 Å². The topological polar surface area (TPSA) is 90.0 Å². The molecule has 0 bridgehead atoms. The van der Waals surface area contributed by atoms with Crippen LogP contribution in [0.5, 0.6) is 0 Å². The molecule has 0 fully saturated rings. The Morgan fingerprint density at radius 3 is 2.87 bits per heavy atom. The number of rotatable bonds is 4. The number of halogens is 1. The monoisotopic (exact) mass is 396 g/mol. The van der Waals surface area contributed by atoms with Crippen molar-refractivity contribution in [2.75, 3.05) is 5.32 Å². The molecule has 0 atom stereocenters. The molecular weight excluding hydrogens is 380 g/mol. The van der Waals surface area contributed by atoms with Gasteiger partial charge >= 0.3 is 0 Å². The number of nitrogens with two attached hydrogens (primary N) is 1. The molecule has 2 aromatic rings. The molecular formula is C15H17BrN4O2S. The van der Waals surface area contributed by atoms with Crippen LogP contribution < -0.4 is 11.1 Å². The Hall–Kier alpha value is -1.67. The predicted molar refractivity (Wildman–Crippen MR) is 93.0 cm³/mol. The van der Waals surface area contributed by atoms with E-state index in [1.54, 1.807) is 10.9 Å². The molecule has 1 aliphatic rings. The molecule has 1 aliphatic carbocycles. The summed E-state index contributed by atoms with van der Waals surface area (Å²) in [7, 11) is 0. The molecule has 0 saturated heterocycles. The van der Waals surface area contributed by atoms with Crippen LogP contribution in [0.25, 0.3) is 0 Å². The Kier molecular flexibility index (Phi) is 4.54. The zero-order valence-corrected chi connectivity index (χ0v) is 15.1. The second-order valence-corrected chi connectivity index (χ2v) is 7.35. The third-order valence-corrected chi connectivity index (χ3v) is 5.74. The maximum atomic E-state index is 12.6. The summed E-state index contributed by atoms with van der Waals surface area (Å²) in [5.74, 6) is -0.778. The first-order chi connectivity index (χ1) is 11.0. The number of nitrogens with one attached hydrogen (secondary N) is 1. The summed E-state index contributed by atoms with van der Waals surface area (Å²) >= 11 is 4.80. The first-order valence-corrected chi connectivity index (χ1v) is 9.10. The standard InChI is InChI=1S/C15H17BrN4O2S/c1-2-20-12(9(16)7-18-20)14(22)19-15-11(13(17)21)8-5-3-4-6-10(8)23-15/h7H,2-6H2,1H3,(H2,17,21)(H,19,22). The summed E-state index contributed by atoms with van der Waals surface area (Å²) in [6.45, 7) is 2.49. The molecule has 0 spiro atoms. The molecule has 6 nitrogen and oxygen atoms in total. The molecule has 3 rings (SSSR count). The van der Waals surface area contributed by atoms with Crippen LogP contribution in [0.1, 0.15) is 51.1 Å². The first kappa shape index (κ1) is 16.2. The minimum absolute atomic E-state index is 0.294. The Balaban J connectivity index is 1.96. The number of amides is 2. The van der Waals surface area contributed by atoms with Crippen LogP contribution in [0.3, 0.4) is 0 Å². The van der Waals surface area contributed by atoms with Crippen LogP contribution in [0, 0.1) is 0 Å². The number of anilines is 1. The van der Waals surface area contributed by atoms with Gasteiger partial charge in [0.1, 0.15) is 10.7 Å². The fourth-order valence-electron chi connectivity index (χ4n) is 2.90. The molecule has 0 saturated carbocycles. The average molecular weight is 397 g/mol. The van der Waals surface area contributed by atoms with Crippen molar-refractivity contribution in [3.63, 3.8) is 0 Å². The van der Waals surface area contributed by atoms with Crippen molar-refractivity contribution in [1.29, 1.82) is 0 Å². The Bertz CT molecular complexity index is 781. The highest BCUT2D eigenvalue weighted by Crippen LogP contribution is 2.38. The van der Waals surface area contributed by atoms with E-state index < -0.39 is 5.91 Å². The van der Waals surface area contributed by atoms with Gasteiger partial charge in [0.15, 0.2) is 0 Å². The van der Waals surface area contributed by atoms with Crippen LogP contribution in [0.2, 0.25) is 0 Å². The smallest absolute Gasteiger partial charge is 0.275 e. The van der Waals surface area contributed by atoms with Gasteiger partial charge in [0.2, 0.25) is 0 Å². The number of aromatic nitrogens is 2. The van der Waals surface area contributed by atoms with Crippen LogP contribution in [0.4, 0.5) is 5.00 Å². The van der Waals surface area contributed by atoms with E-state index in [2.05, 4.69) is 26.3 Å². The fourth-order valence-corrected chi connectivity index (χ4v) is 4.67. The zero-order valence-electron chi connectivity index (χ0n) is 12.7. The molecule has 2 heterocycles. The van der Waals surface area contributed by atoms with E-state index in [1.165, 1.54) is 11.3 Å². The summed E-state index contributed by atoms with van der Waals surface area (Å²) in [6, 6.07) is 0. The van der Waals surface area contributed by atoms with Crippen molar-refractivity contribution in [3.8, 4) is 0 Å². The van der Waals surface area contributed by atoms with Crippen molar-refractivity contribution in [2.45, 2.75) is 39.2 Å². The number of aryl methyl sites for hydroxylation is 2. The minimum atomic E-state index is -0.484. The number of fused-ring (bicyclic) bond motifs is 1. The largest absolute Gasteiger partial charge is 0.365 e. The molecule has 23 heavy (non-hydrogen) atoms. The molecule has 0 aromatic carbocycles. The van der Waals surface area contributed by atoms with Gasteiger partial charge in [-0.05, 0) is 54.1 Å². The lowest BCUT2D eigenvalue weighted by molar-refractivity contribution is 0.100. The number of carbonyl (C=O) groups excluding carboxylic acids is 2. The van der Waals surface area contributed by atoms with Crippen LogP contribution in [0.15, 0.2) is 10.7 Å². The fraction of sp³-hybridized carbons (Fsp3) is 0.400. The molecule has 122 valence electrons. The summed E-state index contributed by atoms with van der Waals surface area (Å²) in [6.07, 6.45) is 5.52. The lowest BCUT2D eigenvalue weighted by Crippen LogP contribution is -2.21. The van der Waals surface area contributed by atoms with Crippen LogP contribution in [-0.4, -0.2) is 21.6 Å². The summed E-state index contributed by atoms with van der Waals surface area (Å²) in [4.78, 5) is 25.6. The van der Waals surface area contributed by atoms with E-state index in [1.807, 2.05) is 6.92 Å². The zero-order chi connectivity index (χ0) is 16.6. The quantitative estimate of drug-likeness (QED) is 0.831. The third-order valence-electron chi connectivity index (χ3n) is 3.95. The van der Waals surface area contributed by atoms with Gasteiger partial charge in [0, 0.05) is 11.4 Å². The van der Waals surface area contributed by atoms with E-state index >= 15 is 0 Å². The van der Waals surface area contributed by atoms with Gasteiger partial charge < -0.3 is 11.1 Å². The van der Waals surface area contributed by atoms with Gasteiger partial charge in [0.25, 0.3) is 11.8 Å². The second-order valence-electron chi connectivity index (χ2n) is 5.39. The SMILES string of the molecule is CCn1ncc(Br)c1C(=O)Nc1sc2c(c1C(N)=O)CCCC2. The Morgan fingerprint density at radius 2 is 2.17 bits per heavy atom. The average Bonchev–Trinajstić information content (AvgIpc) is 3.06. The summed E-state index contributed by atoms with van der Waals surface area (Å²) in [5, 5.41) is 7.54. The number of thiophene rings is 1. The van der Waals surface area contributed by atoms with Gasteiger partial charge in [-0.25, -0.2) is 0 Å². The highest BCUT2D eigenvalue weighted by atomic mass is 79.9. The third kappa shape index (κ3) is 2.92. The molecule has 8 heteroatoms. The van der Waals surface area contributed by atoms with Crippen LogP contribution >= 0.6 is 27.3 Å². The number of hydrogen-bond donors (Lipinski definition) is 2. The molecule has 2 amide bonds. The Labute approximate surface area is 146 Å². The van der Waals surface area contributed by atoms with E-state index in [0.29, 0.717) is 27.3 Å². The van der Waals surface area contributed by atoms with Gasteiger partial charge in [-0.1, -0.05) is 0 Å². The minimum Gasteiger partial charge on any atom is -0.365 e. The van der Waals surface area contributed by atoms with Gasteiger partial charge in [-0.3, -0.25) is 14.3 Å². The number of nitrogens with zero attached hydrogens (tertiary/aromatic N) is 2. The van der Waals surface area contributed by atoms with E-state index in [9.17, 15) is 9.59 Å². The molecule has 0 unspecified atom stereocenters. The molecule has 0 aliphatic heterocycles. The van der Waals surface area contributed by atoms with E-state index in [4.69, 9.17) is 5.73 Å². The second kappa shape index (κ2) is 6.45. The lowest BCUT2D eigenvalue weighted by atomic mass is 9.95. The van der Waals surface area contributed by atoms with Gasteiger partial charge in [0.05, 0.1) is 16.2 Å². The van der Waals surface area contributed by atoms with Crippen molar-refractivity contribution in [2.24, 2.45) is 5.73 Å². The van der Waals surface area contributed by atoms with Crippen molar-refractivity contribution >= 4 is 44.1 Å². The molecule has 0 radical (unpaired) electrons. The molecule has 2 aromatic heterocycles.